The number of nitrogens with zero attached hydrogens (tertiary/aromatic N) is 4. The fraction of sp³-hybridized carbons (Fsp3) is 0.387. The molecule has 0 radical (unpaired) electrons. The van der Waals surface area contributed by atoms with Crippen molar-refractivity contribution >= 4 is 12.2 Å². The average molecular weight is 513 g/mol. The lowest BCUT2D eigenvalue weighted by molar-refractivity contribution is -0.144. The molecule has 0 N–H and O–H groups in total. The maximum Gasteiger partial charge on any atom is 0.320 e. The molecule has 2 aliphatic heterocycles. The molecule has 198 valence electrons. The molecular formula is C31H36N4O3. The van der Waals surface area contributed by atoms with Gasteiger partial charge in [-0.3, -0.25) is 19.4 Å². The van der Waals surface area contributed by atoms with E-state index in [1.54, 1.807) is 0 Å². The second kappa shape index (κ2) is 11.8. The van der Waals surface area contributed by atoms with E-state index in [1.807, 2.05) is 31.5 Å². The summed E-state index contributed by atoms with van der Waals surface area (Å²) >= 11 is 0. The third kappa shape index (κ3) is 5.89. The molecule has 0 saturated carbocycles. The molecule has 5 rings (SSSR count). The summed E-state index contributed by atoms with van der Waals surface area (Å²) < 4.78 is 13.4. The summed E-state index contributed by atoms with van der Waals surface area (Å²) in [4.78, 5) is 18.5. The predicted octanol–water partition coefficient (Wildman–Crippen LogP) is 5.70. The molecule has 2 aromatic carbocycles. The number of aromatic nitrogens is 2. The number of aliphatic imine (C=N–C) groups is 1. The van der Waals surface area contributed by atoms with Gasteiger partial charge in [-0.05, 0) is 48.1 Å². The van der Waals surface area contributed by atoms with Crippen molar-refractivity contribution in [1.29, 1.82) is 0 Å². The minimum atomic E-state index is -0.186. The summed E-state index contributed by atoms with van der Waals surface area (Å²) in [6.45, 7) is 9.60. The van der Waals surface area contributed by atoms with Gasteiger partial charge < -0.3 is 9.47 Å². The Morgan fingerprint density at radius 3 is 2.55 bits per heavy atom. The van der Waals surface area contributed by atoms with Gasteiger partial charge in [0.15, 0.2) is 0 Å². The number of carbonyl (C=O) groups excluding carboxylic acids is 1. The molecule has 3 heterocycles. The van der Waals surface area contributed by atoms with Gasteiger partial charge in [-0.25, -0.2) is 0 Å². The van der Waals surface area contributed by atoms with E-state index in [9.17, 15) is 4.79 Å². The second-order valence-corrected chi connectivity index (χ2v) is 10.2. The smallest absolute Gasteiger partial charge is 0.320 e. The van der Waals surface area contributed by atoms with E-state index in [4.69, 9.17) is 14.6 Å². The van der Waals surface area contributed by atoms with Crippen molar-refractivity contribution in [3.05, 3.63) is 83.3 Å². The van der Waals surface area contributed by atoms with Crippen LogP contribution in [0.2, 0.25) is 0 Å². The number of esters is 1. The van der Waals surface area contributed by atoms with Gasteiger partial charge >= 0.3 is 5.97 Å². The highest BCUT2D eigenvalue weighted by molar-refractivity contribution is 5.73. The van der Waals surface area contributed by atoms with Gasteiger partial charge in [0, 0.05) is 37.0 Å². The largest absolute Gasteiger partial charge is 0.489 e. The molecule has 0 fully saturated rings. The van der Waals surface area contributed by atoms with Crippen LogP contribution in [0.25, 0.3) is 11.1 Å². The molecule has 2 aliphatic rings. The Bertz CT molecular complexity index is 1310. The third-order valence-corrected chi connectivity index (χ3v) is 7.16. The van der Waals surface area contributed by atoms with Crippen LogP contribution >= 0.6 is 0 Å². The molecule has 1 atom stereocenters. The maximum absolute atomic E-state index is 12.2. The van der Waals surface area contributed by atoms with Gasteiger partial charge in [-0.2, -0.15) is 5.10 Å². The molecule has 1 aromatic heterocycles. The van der Waals surface area contributed by atoms with Gasteiger partial charge in [0.25, 0.3) is 0 Å². The van der Waals surface area contributed by atoms with Crippen molar-refractivity contribution in [2.75, 3.05) is 19.7 Å². The first kappa shape index (κ1) is 25.9. The summed E-state index contributed by atoms with van der Waals surface area (Å²) in [6.07, 6.45) is 6.75. The van der Waals surface area contributed by atoms with Crippen molar-refractivity contribution in [3.8, 4) is 16.9 Å². The lowest BCUT2D eigenvalue weighted by atomic mass is 9.92. The number of allylic oxidation sites excluding steroid dienone is 1. The number of hydrogen-bond acceptors (Lipinski definition) is 6. The van der Waals surface area contributed by atoms with Gasteiger partial charge in [0.05, 0.1) is 31.1 Å². The van der Waals surface area contributed by atoms with Crippen LogP contribution in [0.4, 0.5) is 0 Å². The Balaban J connectivity index is 1.37. The summed E-state index contributed by atoms with van der Waals surface area (Å²) in [5.41, 5.74) is 6.91. The van der Waals surface area contributed by atoms with Crippen molar-refractivity contribution in [3.63, 3.8) is 0 Å². The summed E-state index contributed by atoms with van der Waals surface area (Å²) in [7, 11) is 0. The van der Waals surface area contributed by atoms with Crippen LogP contribution in [-0.4, -0.2) is 46.6 Å². The zero-order valence-electron chi connectivity index (χ0n) is 22.5. The van der Waals surface area contributed by atoms with Crippen LogP contribution in [0.1, 0.15) is 61.5 Å². The topological polar surface area (TPSA) is 69.0 Å². The first-order valence-corrected chi connectivity index (χ1v) is 13.5. The van der Waals surface area contributed by atoms with E-state index < -0.39 is 0 Å². The van der Waals surface area contributed by atoms with E-state index in [1.165, 1.54) is 5.56 Å². The maximum atomic E-state index is 12.2. The summed E-state index contributed by atoms with van der Waals surface area (Å²) in [6, 6.07) is 16.9. The molecule has 0 amide bonds. The highest BCUT2D eigenvalue weighted by Crippen LogP contribution is 2.37. The van der Waals surface area contributed by atoms with Crippen LogP contribution in [-0.2, 0) is 29.2 Å². The Morgan fingerprint density at radius 1 is 1.08 bits per heavy atom. The van der Waals surface area contributed by atoms with Crippen LogP contribution in [0.5, 0.6) is 5.75 Å². The first-order valence-electron chi connectivity index (χ1n) is 13.5. The predicted molar refractivity (Wildman–Crippen MR) is 149 cm³/mol. The van der Waals surface area contributed by atoms with Gasteiger partial charge in [0.1, 0.15) is 12.4 Å². The quantitative estimate of drug-likeness (QED) is 0.344. The minimum Gasteiger partial charge on any atom is -0.489 e. The van der Waals surface area contributed by atoms with E-state index in [0.717, 1.165) is 53.3 Å². The summed E-state index contributed by atoms with van der Waals surface area (Å²) in [5, 5.41) is 5.05. The highest BCUT2D eigenvalue weighted by Gasteiger charge is 2.29. The standard InChI is InChI=1S/C31H36N4O3/c1-4-37-29(36)20-34-17-18-35-28(19-34)30(31(33-35)26-13-15-32-16-14-26)25-9-11-27(12-10-25)38-21-23-5-7-24(8-6-23)22(2)3/h5-13,15-16,22,26H,4,14,17-21H2,1-3H3. The van der Waals surface area contributed by atoms with Crippen LogP contribution in [0.15, 0.2) is 65.8 Å². The first-order chi connectivity index (χ1) is 18.5. The minimum absolute atomic E-state index is 0.170. The normalized spacial score (nSPS) is 17.0. The average Bonchev–Trinajstić information content (AvgIpc) is 3.32. The van der Waals surface area contributed by atoms with Gasteiger partial charge in [-0.15, -0.1) is 0 Å². The van der Waals surface area contributed by atoms with E-state index in [2.05, 4.69) is 70.9 Å². The second-order valence-electron chi connectivity index (χ2n) is 10.2. The van der Waals surface area contributed by atoms with E-state index in [0.29, 0.717) is 25.7 Å². The van der Waals surface area contributed by atoms with Crippen molar-refractivity contribution in [1.82, 2.24) is 14.7 Å². The molecular weight excluding hydrogens is 476 g/mol. The SMILES string of the molecule is CCOC(=O)CN1CCn2nc(C3C=CN=CC3)c(-c3ccc(OCc4ccc(C(C)C)cc4)cc3)c2C1. The number of benzene rings is 2. The van der Waals surface area contributed by atoms with Crippen LogP contribution in [0, 0.1) is 0 Å². The van der Waals surface area contributed by atoms with Gasteiger partial charge in [-0.1, -0.05) is 56.3 Å². The monoisotopic (exact) mass is 512 g/mol. The molecule has 0 aliphatic carbocycles. The van der Waals surface area contributed by atoms with Crippen molar-refractivity contribution in [2.45, 2.75) is 58.7 Å². The molecule has 38 heavy (non-hydrogen) atoms. The van der Waals surface area contributed by atoms with Crippen molar-refractivity contribution < 1.29 is 14.3 Å². The molecule has 0 saturated heterocycles. The number of ether oxygens (including phenoxy) is 2. The molecule has 3 aromatic rings. The van der Waals surface area contributed by atoms with Crippen LogP contribution in [0.3, 0.4) is 0 Å². The molecule has 7 heteroatoms. The number of hydrogen-bond donors (Lipinski definition) is 0. The third-order valence-electron chi connectivity index (χ3n) is 7.16. The number of fused-ring (bicyclic) bond motifs is 1. The van der Waals surface area contributed by atoms with E-state index in [-0.39, 0.29) is 18.4 Å². The highest BCUT2D eigenvalue weighted by atomic mass is 16.5. The molecule has 0 bridgehead atoms. The molecule has 1 unspecified atom stereocenters. The lowest BCUT2D eigenvalue weighted by Gasteiger charge is -2.27. The number of rotatable bonds is 9. The Labute approximate surface area is 224 Å². The molecule has 7 nitrogen and oxygen atoms in total. The Hall–Kier alpha value is -3.71. The van der Waals surface area contributed by atoms with Gasteiger partial charge in [0.2, 0.25) is 0 Å². The van der Waals surface area contributed by atoms with Crippen LogP contribution < -0.4 is 4.74 Å². The van der Waals surface area contributed by atoms with Crippen molar-refractivity contribution in [2.24, 2.45) is 4.99 Å². The summed E-state index contributed by atoms with van der Waals surface area (Å²) in [5.74, 6) is 1.33. The Morgan fingerprint density at radius 2 is 1.87 bits per heavy atom. The fourth-order valence-corrected chi connectivity index (χ4v) is 5.04. The fourth-order valence-electron chi connectivity index (χ4n) is 5.04. The molecule has 0 spiro atoms. The van der Waals surface area contributed by atoms with E-state index >= 15 is 0 Å². The zero-order valence-corrected chi connectivity index (χ0v) is 22.5. The number of carbonyl (C=O) groups is 1. The zero-order chi connectivity index (χ0) is 26.5. The Kier molecular flexibility index (Phi) is 8.03. The lowest BCUT2D eigenvalue weighted by Crippen LogP contribution is -2.38.